The van der Waals surface area contributed by atoms with Crippen LogP contribution in [0.5, 0.6) is 5.75 Å². The summed E-state index contributed by atoms with van der Waals surface area (Å²) < 4.78 is 5.62. The first kappa shape index (κ1) is 9.83. The van der Waals surface area contributed by atoms with Crippen molar-refractivity contribution in [2.45, 2.75) is 20.0 Å². The van der Waals surface area contributed by atoms with Crippen LogP contribution >= 0.6 is 0 Å². The van der Waals surface area contributed by atoms with E-state index >= 15 is 0 Å². The number of anilines is 1. The molecule has 0 saturated heterocycles. The first-order valence-corrected chi connectivity index (χ1v) is 5.03. The number of hydrogen-bond acceptors (Lipinski definition) is 3. The molecule has 0 fully saturated rings. The van der Waals surface area contributed by atoms with Gasteiger partial charge in [0.15, 0.2) is 5.82 Å². The van der Waals surface area contributed by atoms with E-state index < -0.39 is 0 Å². The second-order valence-corrected chi connectivity index (χ2v) is 3.70. The molecule has 0 bridgehead atoms. The van der Waals surface area contributed by atoms with Crippen LogP contribution in [0.1, 0.15) is 13.8 Å². The summed E-state index contributed by atoms with van der Waals surface area (Å²) in [6.45, 7) is 4.02. The van der Waals surface area contributed by atoms with Crippen molar-refractivity contribution in [1.29, 1.82) is 0 Å². The number of ether oxygens (including phenoxy) is 1. The first-order valence-electron chi connectivity index (χ1n) is 5.03. The zero-order valence-corrected chi connectivity index (χ0v) is 9.16. The number of benzene rings is 1. The van der Waals surface area contributed by atoms with Crippen molar-refractivity contribution in [2.24, 2.45) is 0 Å². The molecule has 1 aromatic heterocycles. The smallest absolute Gasteiger partial charge is 0.155 e. The predicted molar refractivity (Wildman–Crippen MR) is 61.4 cm³/mol. The monoisotopic (exact) mass is 205 g/mol. The molecule has 0 aliphatic carbocycles. The van der Waals surface area contributed by atoms with Crippen LogP contribution in [0.25, 0.3) is 10.9 Å². The molecular formula is C11H15N3O. The first-order chi connectivity index (χ1) is 7.20. The minimum Gasteiger partial charge on any atom is -0.491 e. The van der Waals surface area contributed by atoms with E-state index in [1.807, 2.05) is 39.1 Å². The highest BCUT2D eigenvalue weighted by atomic mass is 16.5. The van der Waals surface area contributed by atoms with Crippen LogP contribution in [0.15, 0.2) is 18.2 Å². The number of rotatable bonds is 3. The van der Waals surface area contributed by atoms with Gasteiger partial charge in [0.25, 0.3) is 0 Å². The number of fused-ring (bicyclic) bond motifs is 1. The van der Waals surface area contributed by atoms with Gasteiger partial charge in [0.1, 0.15) is 5.75 Å². The Hall–Kier alpha value is -1.71. The summed E-state index contributed by atoms with van der Waals surface area (Å²) in [5.41, 5.74) is 1.01. The number of nitrogens with zero attached hydrogens (tertiary/aromatic N) is 1. The van der Waals surface area contributed by atoms with Crippen molar-refractivity contribution >= 4 is 16.7 Å². The Labute approximate surface area is 88.6 Å². The molecule has 0 amide bonds. The Bertz CT molecular complexity index is 462. The summed E-state index contributed by atoms with van der Waals surface area (Å²) in [5, 5.41) is 11.2. The fourth-order valence-corrected chi connectivity index (χ4v) is 1.53. The topological polar surface area (TPSA) is 49.9 Å². The number of H-pyrrole nitrogens is 1. The fourth-order valence-electron chi connectivity index (χ4n) is 1.53. The molecule has 0 unspecified atom stereocenters. The Morgan fingerprint density at radius 3 is 2.87 bits per heavy atom. The van der Waals surface area contributed by atoms with Gasteiger partial charge in [-0.2, -0.15) is 5.10 Å². The summed E-state index contributed by atoms with van der Waals surface area (Å²) >= 11 is 0. The summed E-state index contributed by atoms with van der Waals surface area (Å²) in [7, 11) is 1.85. The highest BCUT2D eigenvalue weighted by molar-refractivity contribution is 5.90. The lowest BCUT2D eigenvalue weighted by molar-refractivity contribution is 0.243. The second-order valence-electron chi connectivity index (χ2n) is 3.70. The predicted octanol–water partition coefficient (Wildman–Crippen LogP) is 2.39. The van der Waals surface area contributed by atoms with Crippen molar-refractivity contribution in [3.05, 3.63) is 18.2 Å². The molecule has 80 valence electrons. The molecule has 0 saturated carbocycles. The molecule has 1 heterocycles. The van der Waals surface area contributed by atoms with Crippen molar-refractivity contribution in [2.75, 3.05) is 12.4 Å². The molecule has 4 nitrogen and oxygen atoms in total. The fraction of sp³-hybridized carbons (Fsp3) is 0.364. The lowest BCUT2D eigenvalue weighted by Gasteiger charge is -2.09. The third kappa shape index (κ3) is 1.88. The van der Waals surface area contributed by atoms with Crippen LogP contribution in [0.4, 0.5) is 5.82 Å². The minimum atomic E-state index is 0.187. The lowest BCUT2D eigenvalue weighted by atomic mass is 10.2. The van der Waals surface area contributed by atoms with Crippen LogP contribution < -0.4 is 10.1 Å². The number of aromatic amines is 1. The highest BCUT2D eigenvalue weighted by Crippen LogP contribution is 2.25. The Balaban J connectivity index is 2.43. The normalized spacial score (nSPS) is 10.9. The molecule has 15 heavy (non-hydrogen) atoms. The molecule has 0 aliphatic heterocycles. The number of hydrogen-bond donors (Lipinski definition) is 2. The van der Waals surface area contributed by atoms with Gasteiger partial charge in [-0.3, -0.25) is 5.10 Å². The largest absolute Gasteiger partial charge is 0.491 e. The van der Waals surface area contributed by atoms with Gasteiger partial charge < -0.3 is 10.1 Å². The third-order valence-electron chi connectivity index (χ3n) is 2.14. The van der Waals surface area contributed by atoms with E-state index in [-0.39, 0.29) is 6.10 Å². The molecule has 2 N–H and O–H groups in total. The average Bonchev–Trinajstić information content (AvgIpc) is 2.59. The second kappa shape index (κ2) is 3.81. The molecule has 2 aromatic rings. The third-order valence-corrected chi connectivity index (χ3v) is 2.14. The van der Waals surface area contributed by atoms with E-state index in [1.54, 1.807) is 0 Å². The van der Waals surface area contributed by atoms with Gasteiger partial charge in [-0.1, -0.05) is 0 Å². The van der Waals surface area contributed by atoms with Gasteiger partial charge in [0.2, 0.25) is 0 Å². The Morgan fingerprint density at radius 2 is 2.20 bits per heavy atom. The van der Waals surface area contributed by atoms with Crippen LogP contribution in [0.2, 0.25) is 0 Å². The zero-order valence-electron chi connectivity index (χ0n) is 9.16. The SMILES string of the molecule is CNc1n[nH]c2ccc(OC(C)C)cc12. The van der Waals surface area contributed by atoms with Gasteiger partial charge in [-0.15, -0.1) is 0 Å². The van der Waals surface area contributed by atoms with Crippen molar-refractivity contribution in [3.63, 3.8) is 0 Å². The molecule has 4 heteroatoms. The highest BCUT2D eigenvalue weighted by Gasteiger charge is 2.05. The van der Waals surface area contributed by atoms with E-state index in [9.17, 15) is 0 Å². The van der Waals surface area contributed by atoms with Gasteiger partial charge >= 0.3 is 0 Å². The summed E-state index contributed by atoms with van der Waals surface area (Å²) in [5.74, 6) is 1.72. The van der Waals surface area contributed by atoms with Crippen LogP contribution in [-0.2, 0) is 0 Å². The molecular weight excluding hydrogens is 190 g/mol. The maximum atomic E-state index is 5.62. The maximum Gasteiger partial charge on any atom is 0.155 e. The van der Waals surface area contributed by atoms with Crippen molar-refractivity contribution < 1.29 is 4.74 Å². The molecule has 0 atom stereocenters. The minimum absolute atomic E-state index is 0.187. The summed E-state index contributed by atoms with van der Waals surface area (Å²) in [6, 6.07) is 5.91. The van der Waals surface area contributed by atoms with Gasteiger partial charge in [-0.05, 0) is 32.0 Å². The van der Waals surface area contributed by atoms with E-state index in [4.69, 9.17) is 4.74 Å². The molecule has 2 rings (SSSR count). The van der Waals surface area contributed by atoms with Crippen LogP contribution in [0, 0.1) is 0 Å². The van der Waals surface area contributed by atoms with Gasteiger partial charge in [-0.25, -0.2) is 0 Å². The standard InChI is InChI=1S/C11H15N3O/c1-7(2)15-8-4-5-10-9(6-8)11(12-3)14-13-10/h4-7H,1-3H3,(H2,12,13,14). The van der Waals surface area contributed by atoms with E-state index in [1.165, 1.54) is 0 Å². The van der Waals surface area contributed by atoms with Crippen LogP contribution in [0.3, 0.4) is 0 Å². The average molecular weight is 205 g/mol. The molecule has 0 spiro atoms. The molecule has 1 aromatic carbocycles. The Morgan fingerprint density at radius 1 is 1.40 bits per heavy atom. The van der Waals surface area contributed by atoms with Crippen LogP contribution in [-0.4, -0.2) is 23.3 Å². The lowest BCUT2D eigenvalue weighted by Crippen LogP contribution is -2.05. The zero-order chi connectivity index (χ0) is 10.8. The van der Waals surface area contributed by atoms with E-state index in [0.29, 0.717) is 0 Å². The van der Waals surface area contributed by atoms with E-state index in [0.717, 1.165) is 22.5 Å². The molecule has 0 aliphatic rings. The van der Waals surface area contributed by atoms with E-state index in [2.05, 4.69) is 15.5 Å². The summed E-state index contributed by atoms with van der Waals surface area (Å²) in [6.07, 6.45) is 0.187. The number of nitrogens with one attached hydrogen (secondary N) is 2. The quantitative estimate of drug-likeness (QED) is 0.808. The summed E-state index contributed by atoms with van der Waals surface area (Å²) in [4.78, 5) is 0. The van der Waals surface area contributed by atoms with Gasteiger partial charge in [0.05, 0.1) is 11.6 Å². The van der Waals surface area contributed by atoms with Crippen molar-refractivity contribution in [3.8, 4) is 5.75 Å². The number of aromatic nitrogens is 2. The van der Waals surface area contributed by atoms with Gasteiger partial charge in [0, 0.05) is 12.4 Å². The molecule has 0 radical (unpaired) electrons. The Kier molecular flexibility index (Phi) is 2.49. The van der Waals surface area contributed by atoms with Crippen molar-refractivity contribution in [1.82, 2.24) is 10.2 Å². The maximum absolute atomic E-state index is 5.62.